The van der Waals surface area contributed by atoms with Crippen molar-refractivity contribution in [3.05, 3.63) is 69.7 Å². The molecule has 4 aromatic rings. The van der Waals surface area contributed by atoms with Crippen molar-refractivity contribution in [2.24, 2.45) is 0 Å². The van der Waals surface area contributed by atoms with E-state index in [9.17, 15) is 13.6 Å². The molecule has 4 heterocycles. The van der Waals surface area contributed by atoms with Gasteiger partial charge >= 0.3 is 0 Å². The van der Waals surface area contributed by atoms with Crippen LogP contribution in [-0.4, -0.2) is 41.6 Å². The third-order valence-electron chi connectivity index (χ3n) is 6.89. The van der Waals surface area contributed by atoms with Crippen LogP contribution in [0, 0.1) is 11.6 Å². The molecule has 2 N–H and O–H groups in total. The summed E-state index contributed by atoms with van der Waals surface area (Å²) >= 11 is 0. The number of H-pyrrole nitrogens is 1. The number of halogens is 3. The molecule has 0 bridgehead atoms. The first-order valence-electron chi connectivity index (χ1n) is 12.1. The minimum atomic E-state index is -0.672. The Morgan fingerprint density at radius 3 is 2.44 bits per heavy atom. The van der Waals surface area contributed by atoms with Crippen molar-refractivity contribution in [3.63, 3.8) is 0 Å². The van der Waals surface area contributed by atoms with Crippen molar-refractivity contribution >= 4 is 23.4 Å². The largest absolute Gasteiger partial charge is 0.312 e. The van der Waals surface area contributed by atoms with Crippen molar-refractivity contribution in [1.29, 1.82) is 0 Å². The zero-order valence-corrected chi connectivity index (χ0v) is 20.9. The van der Waals surface area contributed by atoms with Crippen LogP contribution in [0.5, 0.6) is 0 Å². The molecule has 1 saturated carbocycles. The Kier molecular flexibility index (Phi) is 6.42. The number of fused-ring (bicyclic) bond motifs is 1. The highest BCUT2D eigenvalue weighted by atomic mass is 35.5. The Hall–Kier alpha value is -3.11. The van der Waals surface area contributed by atoms with Crippen LogP contribution in [0.4, 0.5) is 8.78 Å². The van der Waals surface area contributed by atoms with E-state index in [-0.39, 0.29) is 29.7 Å². The van der Waals surface area contributed by atoms with Gasteiger partial charge in [-0.25, -0.2) is 23.1 Å². The number of nitrogens with zero attached hydrogens (tertiary/aromatic N) is 5. The molecule has 0 radical (unpaired) electrons. The summed E-state index contributed by atoms with van der Waals surface area (Å²) in [5, 5.41) is 13.3. The van der Waals surface area contributed by atoms with Crippen molar-refractivity contribution in [2.75, 3.05) is 0 Å². The molecule has 8 nitrogen and oxygen atoms in total. The number of benzene rings is 1. The molecule has 2 aliphatic rings. The molecule has 11 heteroatoms. The molecule has 190 valence electrons. The van der Waals surface area contributed by atoms with E-state index in [1.807, 2.05) is 4.68 Å². The van der Waals surface area contributed by atoms with Crippen molar-refractivity contribution in [2.45, 2.75) is 70.0 Å². The molecular formula is C25H28ClF2N7O. The normalized spacial score (nSPS) is 22.1. The van der Waals surface area contributed by atoms with Crippen molar-refractivity contribution in [1.82, 2.24) is 34.8 Å². The summed E-state index contributed by atoms with van der Waals surface area (Å²) < 4.78 is 30.6. The predicted octanol–water partition coefficient (Wildman–Crippen LogP) is 4.18. The average Bonchev–Trinajstić information content (AvgIpc) is 3.39. The maximum Gasteiger partial charge on any atom is 0.262 e. The molecule has 1 aliphatic carbocycles. The van der Waals surface area contributed by atoms with Crippen LogP contribution in [0.1, 0.15) is 68.6 Å². The number of rotatable bonds is 5. The maximum absolute atomic E-state index is 13.6. The standard InChI is InChI=1S/C25H27F2N7O.ClH/c1-13-5-20(6-14(2)29-13)34-24-22(23(32-34)16-3-4-16)25(35)31-21(30-24)7-15-11-28-33(12-15)19-9-17(26)8-18(27)10-19;/h8-14,16,20,29H,3-7H2,1-2H3,(H,30,31,35);1H/t13-,14+,20?;. The third-order valence-corrected chi connectivity index (χ3v) is 6.89. The topological polar surface area (TPSA) is 93.4 Å². The van der Waals surface area contributed by atoms with Crippen molar-refractivity contribution < 1.29 is 8.78 Å². The lowest BCUT2D eigenvalue weighted by molar-refractivity contribution is 0.253. The highest BCUT2D eigenvalue weighted by molar-refractivity contribution is 5.85. The van der Waals surface area contributed by atoms with Gasteiger partial charge in [0.15, 0.2) is 5.65 Å². The van der Waals surface area contributed by atoms with Crippen LogP contribution in [-0.2, 0) is 6.42 Å². The van der Waals surface area contributed by atoms with Crippen molar-refractivity contribution in [3.8, 4) is 5.69 Å². The number of aromatic amines is 1. The van der Waals surface area contributed by atoms with E-state index in [0.717, 1.165) is 43.0 Å². The third kappa shape index (κ3) is 4.67. The van der Waals surface area contributed by atoms with Crippen LogP contribution in [0.25, 0.3) is 16.7 Å². The lowest BCUT2D eigenvalue weighted by Crippen LogP contribution is -2.43. The highest BCUT2D eigenvalue weighted by Gasteiger charge is 2.34. The van der Waals surface area contributed by atoms with Crippen LogP contribution in [0.2, 0.25) is 0 Å². The number of aromatic nitrogens is 6. The van der Waals surface area contributed by atoms with E-state index in [1.165, 1.54) is 16.8 Å². The zero-order valence-electron chi connectivity index (χ0n) is 20.0. The van der Waals surface area contributed by atoms with Gasteiger partial charge in [0.05, 0.1) is 23.6 Å². The smallest absolute Gasteiger partial charge is 0.262 e. The lowest BCUT2D eigenvalue weighted by atomic mass is 9.95. The van der Waals surface area contributed by atoms with E-state index in [0.29, 0.717) is 41.3 Å². The second-order valence-electron chi connectivity index (χ2n) is 10.0. The van der Waals surface area contributed by atoms with Gasteiger partial charge in [-0.15, -0.1) is 12.4 Å². The highest BCUT2D eigenvalue weighted by Crippen LogP contribution is 2.42. The molecule has 36 heavy (non-hydrogen) atoms. The van der Waals surface area contributed by atoms with Gasteiger partial charge in [0, 0.05) is 36.7 Å². The SMILES string of the molecule is C[C@@H]1CC(n2nc(C3CC3)c3c(=O)[nH]c(Cc4cnn(-c5cc(F)cc(F)c5)c4)nc32)C[C@H](C)N1.Cl. The second kappa shape index (κ2) is 9.40. The van der Waals surface area contributed by atoms with Gasteiger partial charge in [0.2, 0.25) is 0 Å². The number of nitrogens with one attached hydrogen (secondary N) is 2. The Morgan fingerprint density at radius 2 is 1.78 bits per heavy atom. The van der Waals surface area contributed by atoms with Crippen LogP contribution in [0.3, 0.4) is 0 Å². The van der Waals surface area contributed by atoms with Crippen LogP contribution < -0.4 is 10.9 Å². The van der Waals surface area contributed by atoms with Gasteiger partial charge < -0.3 is 10.3 Å². The fraction of sp³-hybridized carbons (Fsp3) is 0.440. The molecule has 1 aromatic carbocycles. The minimum Gasteiger partial charge on any atom is -0.312 e. The molecule has 1 unspecified atom stereocenters. The number of hydrogen-bond donors (Lipinski definition) is 2. The van der Waals surface area contributed by atoms with Gasteiger partial charge in [-0.05, 0) is 57.2 Å². The van der Waals surface area contributed by atoms with Gasteiger partial charge in [-0.1, -0.05) is 0 Å². The fourth-order valence-electron chi connectivity index (χ4n) is 5.29. The van der Waals surface area contributed by atoms with E-state index in [1.54, 1.807) is 12.4 Å². The Morgan fingerprint density at radius 1 is 1.08 bits per heavy atom. The summed E-state index contributed by atoms with van der Waals surface area (Å²) in [6.07, 6.45) is 7.56. The van der Waals surface area contributed by atoms with E-state index < -0.39 is 11.6 Å². The number of piperidine rings is 1. The fourth-order valence-corrected chi connectivity index (χ4v) is 5.29. The maximum atomic E-state index is 13.6. The minimum absolute atomic E-state index is 0. The summed E-state index contributed by atoms with van der Waals surface area (Å²) in [5.41, 5.74) is 2.37. The predicted molar refractivity (Wildman–Crippen MR) is 134 cm³/mol. The molecule has 1 aliphatic heterocycles. The van der Waals surface area contributed by atoms with Gasteiger partial charge in [0.25, 0.3) is 5.56 Å². The molecule has 0 amide bonds. The summed E-state index contributed by atoms with van der Waals surface area (Å²) in [5.74, 6) is -0.510. The average molecular weight is 516 g/mol. The second-order valence-corrected chi connectivity index (χ2v) is 10.0. The zero-order chi connectivity index (χ0) is 24.3. The molecule has 0 spiro atoms. The molecule has 3 aromatic heterocycles. The quantitative estimate of drug-likeness (QED) is 0.416. The Bertz CT molecular complexity index is 1440. The first-order chi connectivity index (χ1) is 16.8. The lowest BCUT2D eigenvalue weighted by Gasteiger charge is -2.33. The van der Waals surface area contributed by atoms with Gasteiger partial charge in [-0.3, -0.25) is 4.79 Å². The Balaban J connectivity index is 0.00000267. The Labute approximate surface area is 212 Å². The van der Waals surface area contributed by atoms with E-state index in [2.05, 4.69) is 29.2 Å². The first-order valence-corrected chi connectivity index (χ1v) is 12.1. The molecule has 2 fully saturated rings. The molecule has 1 saturated heterocycles. The molecule has 6 rings (SSSR count). The summed E-state index contributed by atoms with van der Waals surface area (Å²) in [4.78, 5) is 21.0. The van der Waals surface area contributed by atoms with E-state index >= 15 is 0 Å². The van der Waals surface area contributed by atoms with Gasteiger partial charge in [-0.2, -0.15) is 10.2 Å². The molecular weight excluding hydrogens is 488 g/mol. The van der Waals surface area contributed by atoms with Crippen LogP contribution in [0.15, 0.2) is 35.4 Å². The van der Waals surface area contributed by atoms with E-state index in [4.69, 9.17) is 10.1 Å². The summed E-state index contributed by atoms with van der Waals surface area (Å²) in [7, 11) is 0. The van der Waals surface area contributed by atoms with Crippen LogP contribution >= 0.6 is 12.4 Å². The first kappa shape index (κ1) is 24.6. The summed E-state index contributed by atoms with van der Waals surface area (Å²) in [6, 6.07) is 4.13. The molecule has 3 atom stereocenters. The van der Waals surface area contributed by atoms with Gasteiger partial charge in [0.1, 0.15) is 22.8 Å². The monoisotopic (exact) mass is 515 g/mol. The summed E-state index contributed by atoms with van der Waals surface area (Å²) in [6.45, 7) is 4.34. The number of hydrogen-bond acceptors (Lipinski definition) is 5.